The monoisotopic (exact) mass is 371 g/mol. The van der Waals surface area contributed by atoms with E-state index in [4.69, 9.17) is 9.26 Å². The molecule has 1 aliphatic rings. The second-order valence-electron chi connectivity index (χ2n) is 6.70. The van der Waals surface area contributed by atoms with Gasteiger partial charge in [-0.3, -0.25) is 9.58 Å². The van der Waals surface area contributed by atoms with Gasteiger partial charge < -0.3 is 9.26 Å². The summed E-state index contributed by atoms with van der Waals surface area (Å²) in [6.07, 6.45) is 3.87. The van der Waals surface area contributed by atoms with Crippen LogP contribution in [0.3, 0.4) is 0 Å². The van der Waals surface area contributed by atoms with E-state index in [9.17, 15) is 4.39 Å². The molecule has 1 aromatic carbocycles. The number of aromatic nitrogens is 4. The molecule has 4 rings (SSSR count). The topological polar surface area (TPSA) is 69.2 Å². The Balaban J connectivity index is 1.43. The zero-order chi connectivity index (χ0) is 18.8. The third-order valence-electron chi connectivity index (χ3n) is 4.74. The first-order chi connectivity index (χ1) is 13.1. The van der Waals surface area contributed by atoms with E-state index in [-0.39, 0.29) is 11.9 Å². The molecule has 3 heterocycles. The SMILES string of the molecule is CCn1cc(C2CN(Cc3nc(-c4ccc(F)c(C)c4)no3)CCO2)cn1. The molecule has 1 atom stereocenters. The molecule has 1 saturated heterocycles. The van der Waals surface area contributed by atoms with E-state index in [2.05, 4.69) is 27.1 Å². The van der Waals surface area contributed by atoms with Gasteiger partial charge in [0.15, 0.2) is 0 Å². The molecule has 27 heavy (non-hydrogen) atoms. The van der Waals surface area contributed by atoms with Crippen molar-refractivity contribution in [3.05, 3.63) is 53.4 Å². The zero-order valence-electron chi connectivity index (χ0n) is 15.4. The molecule has 142 valence electrons. The van der Waals surface area contributed by atoms with Gasteiger partial charge in [0.25, 0.3) is 0 Å². The minimum atomic E-state index is -0.242. The number of morpholine rings is 1. The fourth-order valence-corrected chi connectivity index (χ4v) is 3.18. The van der Waals surface area contributed by atoms with Crippen LogP contribution in [-0.4, -0.2) is 44.5 Å². The lowest BCUT2D eigenvalue weighted by molar-refractivity contribution is -0.0356. The van der Waals surface area contributed by atoms with Crippen molar-refractivity contribution in [3.63, 3.8) is 0 Å². The summed E-state index contributed by atoms with van der Waals surface area (Å²) in [6.45, 7) is 7.34. The standard InChI is InChI=1S/C19H22FN5O2/c1-3-25-10-15(9-21-25)17-11-24(6-7-26-17)12-18-22-19(23-27-18)14-4-5-16(20)13(2)8-14/h4-5,8-10,17H,3,6-7,11-12H2,1-2H3. The van der Waals surface area contributed by atoms with Gasteiger partial charge in [0.1, 0.15) is 5.82 Å². The van der Waals surface area contributed by atoms with Gasteiger partial charge in [0.2, 0.25) is 11.7 Å². The van der Waals surface area contributed by atoms with E-state index < -0.39 is 0 Å². The Kier molecular flexibility index (Phi) is 5.00. The Bertz CT molecular complexity index is 922. The number of halogens is 1. The van der Waals surface area contributed by atoms with Crippen molar-refractivity contribution in [2.24, 2.45) is 0 Å². The normalized spacial score (nSPS) is 18.1. The van der Waals surface area contributed by atoms with Gasteiger partial charge in [-0.1, -0.05) is 5.16 Å². The molecule has 3 aromatic rings. The average Bonchev–Trinajstić information content (AvgIpc) is 3.34. The van der Waals surface area contributed by atoms with E-state index in [1.807, 2.05) is 17.1 Å². The van der Waals surface area contributed by atoms with Crippen LogP contribution in [-0.2, 0) is 17.8 Å². The maximum Gasteiger partial charge on any atom is 0.241 e. The van der Waals surface area contributed by atoms with E-state index in [1.165, 1.54) is 6.07 Å². The van der Waals surface area contributed by atoms with Gasteiger partial charge in [0.05, 0.1) is 25.5 Å². The summed E-state index contributed by atoms with van der Waals surface area (Å²) in [5.41, 5.74) is 2.38. The Morgan fingerprint density at radius 1 is 1.33 bits per heavy atom. The van der Waals surface area contributed by atoms with Crippen LogP contribution in [0.1, 0.15) is 30.0 Å². The summed E-state index contributed by atoms with van der Waals surface area (Å²) in [6, 6.07) is 4.80. The minimum Gasteiger partial charge on any atom is -0.371 e. The van der Waals surface area contributed by atoms with Crippen LogP contribution in [0, 0.1) is 12.7 Å². The fourth-order valence-electron chi connectivity index (χ4n) is 3.18. The van der Waals surface area contributed by atoms with E-state index in [1.54, 1.807) is 19.1 Å². The summed E-state index contributed by atoms with van der Waals surface area (Å²) in [7, 11) is 0. The highest BCUT2D eigenvalue weighted by Crippen LogP contribution is 2.24. The molecule has 0 saturated carbocycles. The van der Waals surface area contributed by atoms with Crippen molar-refractivity contribution in [2.75, 3.05) is 19.7 Å². The van der Waals surface area contributed by atoms with Crippen LogP contribution in [0.2, 0.25) is 0 Å². The number of aryl methyl sites for hydroxylation is 2. The number of hydrogen-bond donors (Lipinski definition) is 0. The highest BCUT2D eigenvalue weighted by Gasteiger charge is 2.24. The Morgan fingerprint density at radius 2 is 2.22 bits per heavy atom. The molecule has 0 spiro atoms. The van der Waals surface area contributed by atoms with E-state index in [0.29, 0.717) is 30.4 Å². The fraction of sp³-hybridized carbons (Fsp3) is 0.421. The predicted octanol–water partition coefficient (Wildman–Crippen LogP) is 2.97. The van der Waals surface area contributed by atoms with Gasteiger partial charge in [-0.05, 0) is 37.6 Å². The molecule has 2 aromatic heterocycles. The smallest absolute Gasteiger partial charge is 0.241 e. The van der Waals surface area contributed by atoms with Crippen LogP contribution in [0.4, 0.5) is 4.39 Å². The van der Waals surface area contributed by atoms with Crippen LogP contribution in [0.15, 0.2) is 35.1 Å². The highest BCUT2D eigenvalue weighted by molar-refractivity contribution is 5.55. The first-order valence-corrected chi connectivity index (χ1v) is 9.08. The number of rotatable bonds is 5. The second kappa shape index (κ2) is 7.58. The van der Waals surface area contributed by atoms with Crippen molar-refractivity contribution in [1.29, 1.82) is 0 Å². The summed E-state index contributed by atoms with van der Waals surface area (Å²) in [5, 5.41) is 8.35. The van der Waals surface area contributed by atoms with E-state index in [0.717, 1.165) is 30.8 Å². The number of nitrogens with zero attached hydrogens (tertiary/aromatic N) is 5. The predicted molar refractivity (Wildman–Crippen MR) is 96.3 cm³/mol. The summed E-state index contributed by atoms with van der Waals surface area (Å²) >= 11 is 0. The summed E-state index contributed by atoms with van der Waals surface area (Å²) < 4.78 is 26.6. The van der Waals surface area contributed by atoms with Gasteiger partial charge in [-0.15, -0.1) is 0 Å². The van der Waals surface area contributed by atoms with Gasteiger partial charge in [-0.25, -0.2) is 4.39 Å². The second-order valence-corrected chi connectivity index (χ2v) is 6.70. The lowest BCUT2D eigenvalue weighted by atomic mass is 10.1. The third-order valence-corrected chi connectivity index (χ3v) is 4.74. The van der Waals surface area contributed by atoms with Gasteiger partial charge in [0, 0.05) is 37.0 Å². The van der Waals surface area contributed by atoms with Crippen molar-refractivity contribution < 1.29 is 13.7 Å². The first kappa shape index (κ1) is 17.8. The molecule has 1 aliphatic heterocycles. The first-order valence-electron chi connectivity index (χ1n) is 9.08. The lowest BCUT2D eigenvalue weighted by Crippen LogP contribution is -2.37. The maximum atomic E-state index is 13.4. The Morgan fingerprint density at radius 3 is 3.00 bits per heavy atom. The lowest BCUT2D eigenvalue weighted by Gasteiger charge is -2.31. The van der Waals surface area contributed by atoms with Crippen molar-refractivity contribution >= 4 is 0 Å². The summed E-state index contributed by atoms with van der Waals surface area (Å²) in [5.74, 6) is 0.771. The molecule has 0 bridgehead atoms. The molecular weight excluding hydrogens is 349 g/mol. The van der Waals surface area contributed by atoms with Crippen LogP contribution in [0.5, 0.6) is 0 Å². The third kappa shape index (κ3) is 3.91. The minimum absolute atomic E-state index is 0.0128. The van der Waals surface area contributed by atoms with Crippen molar-refractivity contribution in [1.82, 2.24) is 24.8 Å². The highest BCUT2D eigenvalue weighted by atomic mass is 19.1. The Hall–Kier alpha value is -2.58. The Labute approximate surface area is 156 Å². The van der Waals surface area contributed by atoms with E-state index >= 15 is 0 Å². The molecule has 1 unspecified atom stereocenters. The molecular formula is C19H22FN5O2. The van der Waals surface area contributed by atoms with Crippen LogP contribution >= 0.6 is 0 Å². The molecule has 0 amide bonds. The summed E-state index contributed by atoms with van der Waals surface area (Å²) in [4.78, 5) is 6.69. The largest absolute Gasteiger partial charge is 0.371 e. The maximum absolute atomic E-state index is 13.4. The molecule has 0 N–H and O–H groups in total. The molecule has 1 fully saturated rings. The molecule has 0 aliphatic carbocycles. The number of hydrogen-bond acceptors (Lipinski definition) is 6. The number of benzene rings is 1. The zero-order valence-corrected chi connectivity index (χ0v) is 15.4. The number of ether oxygens (including phenoxy) is 1. The average molecular weight is 371 g/mol. The van der Waals surface area contributed by atoms with Gasteiger partial charge >= 0.3 is 0 Å². The molecule has 7 nitrogen and oxygen atoms in total. The van der Waals surface area contributed by atoms with Crippen LogP contribution in [0.25, 0.3) is 11.4 Å². The van der Waals surface area contributed by atoms with Crippen molar-refractivity contribution in [3.8, 4) is 11.4 Å². The van der Waals surface area contributed by atoms with Gasteiger partial charge in [-0.2, -0.15) is 10.1 Å². The quantitative estimate of drug-likeness (QED) is 0.687. The van der Waals surface area contributed by atoms with Crippen molar-refractivity contribution in [2.45, 2.75) is 33.0 Å². The van der Waals surface area contributed by atoms with Crippen LogP contribution < -0.4 is 0 Å². The molecule has 8 heteroatoms. The molecule has 0 radical (unpaired) electrons.